The number of hydrogen-bond acceptors (Lipinski definition) is 3. The van der Waals surface area contributed by atoms with E-state index in [1.807, 2.05) is 32.2 Å². The summed E-state index contributed by atoms with van der Waals surface area (Å²) in [7, 11) is 0. The Bertz CT molecular complexity index is 327. The van der Waals surface area contributed by atoms with Gasteiger partial charge in [0.15, 0.2) is 0 Å². The van der Waals surface area contributed by atoms with Crippen molar-refractivity contribution in [2.75, 3.05) is 13.1 Å². The van der Waals surface area contributed by atoms with E-state index in [1.165, 1.54) is 0 Å². The van der Waals surface area contributed by atoms with Crippen LogP contribution in [0.3, 0.4) is 0 Å². The molecule has 17 heavy (non-hydrogen) atoms. The Morgan fingerprint density at radius 1 is 1.53 bits per heavy atom. The van der Waals surface area contributed by atoms with Crippen LogP contribution in [0.15, 0.2) is 24.5 Å². The number of pyridine rings is 1. The van der Waals surface area contributed by atoms with E-state index in [9.17, 15) is 4.79 Å². The smallest absolute Gasteiger partial charge is 0.221 e. The van der Waals surface area contributed by atoms with Gasteiger partial charge < -0.3 is 10.6 Å². The maximum atomic E-state index is 11.6. The van der Waals surface area contributed by atoms with Crippen LogP contribution in [0, 0.1) is 0 Å². The standard InChI is InChI=1S/C13H21N3O/c1-3-15-11(2)9-13(17)16-8-6-12-5-4-7-14-10-12/h4-5,7,10-11,15H,3,6,8-9H2,1-2H3,(H,16,17). The third kappa shape index (κ3) is 6.02. The van der Waals surface area contributed by atoms with E-state index in [4.69, 9.17) is 0 Å². The highest BCUT2D eigenvalue weighted by atomic mass is 16.1. The Hall–Kier alpha value is -1.42. The average Bonchev–Trinajstić information content (AvgIpc) is 2.30. The third-order valence-electron chi connectivity index (χ3n) is 2.50. The van der Waals surface area contributed by atoms with Crippen LogP contribution in [0.25, 0.3) is 0 Å². The van der Waals surface area contributed by atoms with Gasteiger partial charge in [-0.05, 0) is 31.5 Å². The first-order chi connectivity index (χ1) is 8.22. The molecule has 2 N–H and O–H groups in total. The molecule has 1 heterocycles. The van der Waals surface area contributed by atoms with Crippen LogP contribution in [0.2, 0.25) is 0 Å². The monoisotopic (exact) mass is 235 g/mol. The molecule has 1 aromatic rings. The largest absolute Gasteiger partial charge is 0.356 e. The lowest BCUT2D eigenvalue weighted by molar-refractivity contribution is -0.121. The van der Waals surface area contributed by atoms with Gasteiger partial charge in [-0.25, -0.2) is 0 Å². The molecule has 4 nitrogen and oxygen atoms in total. The number of nitrogens with one attached hydrogen (secondary N) is 2. The van der Waals surface area contributed by atoms with Crippen molar-refractivity contribution < 1.29 is 4.79 Å². The van der Waals surface area contributed by atoms with Gasteiger partial charge in [0.05, 0.1) is 0 Å². The molecule has 0 bridgehead atoms. The van der Waals surface area contributed by atoms with Gasteiger partial charge >= 0.3 is 0 Å². The van der Waals surface area contributed by atoms with Gasteiger partial charge in [0.2, 0.25) is 5.91 Å². The lowest BCUT2D eigenvalue weighted by Gasteiger charge is -2.11. The van der Waals surface area contributed by atoms with Crippen molar-refractivity contribution >= 4 is 5.91 Å². The molecule has 0 aliphatic heterocycles. The predicted molar refractivity (Wildman–Crippen MR) is 68.7 cm³/mol. The predicted octanol–water partition coefficient (Wildman–Crippen LogP) is 1.13. The number of aromatic nitrogens is 1. The van der Waals surface area contributed by atoms with E-state index in [-0.39, 0.29) is 11.9 Å². The molecule has 0 saturated heterocycles. The van der Waals surface area contributed by atoms with Gasteiger partial charge in [-0.15, -0.1) is 0 Å². The summed E-state index contributed by atoms with van der Waals surface area (Å²) in [6.07, 6.45) is 4.93. The highest BCUT2D eigenvalue weighted by Crippen LogP contribution is 1.96. The van der Waals surface area contributed by atoms with Gasteiger partial charge in [-0.3, -0.25) is 9.78 Å². The minimum absolute atomic E-state index is 0.0994. The summed E-state index contributed by atoms with van der Waals surface area (Å²) in [6, 6.07) is 4.16. The molecule has 0 aliphatic carbocycles. The van der Waals surface area contributed by atoms with Crippen molar-refractivity contribution in [1.82, 2.24) is 15.6 Å². The molecule has 1 unspecified atom stereocenters. The number of nitrogens with zero attached hydrogens (tertiary/aromatic N) is 1. The molecule has 0 aliphatic rings. The van der Waals surface area contributed by atoms with Gasteiger partial charge in [-0.1, -0.05) is 13.0 Å². The Morgan fingerprint density at radius 3 is 3.00 bits per heavy atom. The van der Waals surface area contributed by atoms with Gasteiger partial charge in [0, 0.05) is 31.4 Å². The third-order valence-corrected chi connectivity index (χ3v) is 2.50. The lowest BCUT2D eigenvalue weighted by atomic mass is 10.2. The Morgan fingerprint density at radius 2 is 2.35 bits per heavy atom. The van der Waals surface area contributed by atoms with Crippen LogP contribution in [0.4, 0.5) is 0 Å². The summed E-state index contributed by atoms with van der Waals surface area (Å²) in [5, 5.41) is 6.13. The second kappa shape index (κ2) is 7.79. The Kier molecular flexibility index (Phi) is 6.25. The quantitative estimate of drug-likeness (QED) is 0.745. The average molecular weight is 235 g/mol. The highest BCUT2D eigenvalue weighted by molar-refractivity contribution is 5.76. The first kappa shape index (κ1) is 13.6. The van der Waals surface area contributed by atoms with E-state index in [0.717, 1.165) is 18.5 Å². The Balaban J connectivity index is 2.16. The molecule has 1 amide bonds. The number of amides is 1. The molecule has 0 radical (unpaired) electrons. The number of rotatable bonds is 7. The van der Waals surface area contributed by atoms with Crippen LogP contribution in [0.5, 0.6) is 0 Å². The van der Waals surface area contributed by atoms with E-state index in [0.29, 0.717) is 13.0 Å². The topological polar surface area (TPSA) is 54.0 Å². The summed E-state index contributed by atoms with van der Waals surface area (Å²) < 4.78 is 0. The molecule has 1 aromatic heterocycles. The molecular formula is C13H21N3O. The van der Waals surface area contributed by atoms with Crippen molar-refractivity contribution in [1.29, 1.82) is 0 Å². The van der Waals surface area contributed by atoms with E-state index in [2.05, 4.69) is 15.6 Å². The van der Waals surface area contributed by atoms with Crippen molar-refractivity contribution in [3.05, 3.63) is 30.1 Å². The first-order valence-corrected chi connectivity index (χ1v) is 6.11. The second-order valence-electron chi connectivity index (χ2n) is 4.12. The number of hydrogen-bond donors (Lipinski definition) is 2. The Labute approximate surface area is 103 Å². The SMILES string of the molecule is CCNC(C)CC(=O)NCCc1cccnc1. The van der Waals surface area contributed by atoms with Crippen LogP contribution >= 0.6 is 0 Å². The summed E-state index contributed by atoms with van der Waals surface area (Å²) in [6.45, 7) is 5.62. The minimum Gasteiger partial charge on any atom is -0.356 e. The van der Waals surface area contributed by atoms with Crippen LogP contribution < -0.4 is 10.6 Å². The first-order valence-electron chi connectivity index (χ1n) is 6.11. The zero-order chi connectivity index (χ0) is 12.5. The fourth-order valence-corrected chi connectivity index (χ4v) is 1.66. The van der Waals surface area contributed by atoms with E-state index >= 15 is 0 Å². The maximum absolute atomic E-state index is 11.6. The van der Waals surface area contributed by atoms with Gasteiger partial charge in [0.25, 0.3) is 0 Å². The lowest BCUT2D eigenvalue weighted by Crippen LogP contribution is -2.34. The molecule has 1 atom stereocenters. The van der Waals surface area contributed by atoms with Crippen LogP contribution in [-0.2, 0) is 11.2 Å². The highest BCUT2D eigenvalue weighted by Gasteiger charge is 2.06. The molecule has 4 heteroatoms. The fourth-order valence-electron chi connectivity index (χ4n) is 1.66. The fraction of sp³-hybridized carbons (Fsp3) is 0.538. The minimum atomic E-state index is 0.0994. The summed E-state index contributed by atoms with van der Waals surface area (Å²) >= 11 is 0. The van der Waals surface area contributed by atoms with Gasteiger partial charge in [0.1, 0.15) is 0 Å². The normalized spacial score (nSPS) is 12.1. The van der Waals surface area contributed by atoms with Crippen molar-refractivity contribution in [2.24, 2.45) is 0 Å². The van der Waals surface area contributed by atoms with Crippen molar-refractivity contribution in [3.8, 4) is 0 Å². The zero-order valence-corrected chi connectivity index (χ0v) is 10.6. The zero-order valence-electron chi connectivity index (χ0n) is 10.6. The van der Waals surface area contributed by atoms with E-state index in [1.54, 1.807) is 6.20 Å². The molecule has 0 saturated carbocycles. The molecule has 0 fully saturated rings. The summed E-state index contributed by atoms with van der Waals surface area (Å²) in [4.78, 5) is 15.6. The second-order valence-corrected chi connectivity index (χ2v) is 4.12. The summed E-state index contributed by atoms with van der Waals surface area (Å²) in [5.74, 6) is 0.0994. The van der Waals surface area contributed by atoms with Crippen molar-refractivity contribution in [3.63, 3.8) is 0 Å². The van der Waals surface area contributed by atoms with Crippen LogP contribution in [0.1, 0.15) is 25.8 Å². The summed E-state index contributed by atoms with van der Waals surface area (Å²) in [5.41, 5.74) is 1.15. The molecule has 0 spiro atoms. The number of carbonyl (C=O) groups is 1. The van der Waals surface area contributed by atoms with Gasteiger partial charge in [-0.2, -0.15) is 0 Å². The molecule has 94 valence electrons. The number of carbonyl (C=O) groups excluding carboxylic acids is 1. The molecule has 0 aromatic carbocycles. The molecular weight excluding hydrogens is 214 g/mol. The van der Waals surface area contributed by atoms with Crippen LogP contribution in [-0.4, -0.2) is 30.0 Å². The maximum Gasteiger partial charge on any atom is 0.221 e. The van der Waals surface area contributed by atoms with E-state index < -0.39 is 0 Å². The molecule has 1 rings (SSSR count). The van der Waals surface area contributed by atoms with Crippen molar-refractivity contribution in [2.45, 2.75) is 32.7 Å².